The lowest BCUT2D eigenvalue weighted by molar-refractivity contribution is -0.122. The summed E-state index contributed by atoms with van der Waals surface area (Å²) in [5.74, 6) is -0.611. The van der Waals surface area contributed by atoms with Gasteiger partial charge in [-0.2, -0.15) is 0 Å². The van der Waals surface area contributed by atoms with Gasteiger partial charge in [-0.3, -0.25) is 14.5 Å². The van der Waals surface area contributed by atoms with Gasteiger partial charge >= 0.3 is 5.97 Å². The van der Waals surface area contributed by atoms with E-state index in [0.29, 0.717) is 68.4 Å². The van der Waals surface area contributed by atoms with Gasteiger partial charge in [0, 0.05) is 52.1 Å². The highest BCUT2D eigenvalue weighted by Crippen LogP contribution is 2.20. The molecule has 2 rings (SSSR count). The molecule has 0 saturated carbocycles. The minimum atomic E-state index is -0.452. The number of hydrogen-bond donors (Lipinski definition) is 2. The Morgan fingerprint density at radius 3 is 2.39 bits per heavy atom. The van der Waals surface area contributed by atoms with Crippen LogP contribution in [0.25, 0.3) is 0 Å². The highest BCUT2D eigenvalue weighted by atomic mass is 16.5. The molecule has 2 heterocycles. The third kappa shape index (κ3) is 5.32. The third-order valence-electron chi connectivity index (χ3n) is 4.92. The first-order valence-corrected chi connectivity index (χ1v) is 9.43. The van der Waals surface area contributed by atoms with Gasteiger partial charge < -0.3 is 24.7 Å². The highest BCUT2D eigenvalue weighted by molar-refractivity contribution is 6.00. The Balaban J connectivity index is 1.87. The minimum absolute atomic E-state index is 0.0190. The average molecular weight is 394 g/mol. The summed E-state index contributed by atoms with van der Waals surface area (Å²) in [4.78, 5) is 43.5. The third-order valence-corrected chi connectivity index (χ3v) is 4.92. The van der Waals surface area contributed by atoms with Gasteiger partial charge in [0.15, 0.2) is 0 Å². The summed E-state index contributed by atoms with van der Waals surface area (Å²) in [7, 11) is 2.96. The largest absolute Gasteiger partial charge is 0.465 e. The van der Waals surface area contributed by atoms with E-state index in [-0.39, 0.29) is 11.8 Å². The topological polar surface area (TPSA) is 104 Å². The molecule has 0 atom stereocenters. The van der Waals surface area contributed by atoms with Gasteiger partial charge in [-0.1, -0.05) is 0 Å². The van der Waals surface area contributed by atoms with Crippen molar-refractivity contribution in [2.45, 2.75) is 20.3 Å². The number of carbonyl (C=O) groups excluding carboxylic acids is 3. The van der Waals surface area contributed by atoms with E-state index in [2.05, 4.69) is 10.3 Å². The van der Waals surface area contributed by atoms with Crippen LogP contribution in [0, 0.1) is 13.8 Å². The van der Waals surface area contributed by atoms with Gasteiger partial charge in [-0.25, -0.2) is 4.79 Å². The number of aryl methyl sites for hydroxylation is 1. The second-order valence-corrected chi connectivity index (χ2v) is 6.88. The van der Waals surface area contributed by atoms with Crippen LogP contribution in [0.4, 0.5) is 0 Å². The Morgan fingerprint density at radius 2 is 1.79 bits per heavy atom. The van der Waals surface area contributed by atoms with Crippen LogP contribution >= 0.6 is 0 Å². The van der Waals surface area contributed by atoms with E-state index < -0.39 is 5.97 Å². The Bertz CT molecular complexity index is 707. The highest BCUT2D eigenvalue weighted by Gasteiger charge is 2.28. The normalized spacial score (nSPS) is 14.8. The van der Waals surface area contributed by atoms with Crippen molar-refractivity contribution in [3.63, 3.8) is 0 Å². The monoisotopic (exact) mass is 394 g/mol. The molecule has 1 aromatic rings. The van der Waals surface area contributed by atoms with E-state index in [4.69, 9.17) is 9.47 Å². The van der Waals surface area contributed by atoms with E-state index in [9.17, 15) is 14.4 Å². The molecule has 1 aliphatic rings. The average Bonchev–Trinajstić information content (AvgIpc) is 2.99. The van der Waals surface area contributed by atoms with Gasteiger partial charge in [-0.05, 0) is 25.8 Å². The molecule has 2 amide bonds. The zero-order valence-electron chi connectivity index (χ0n) is 17.1. The molecule has 1 fully saturated rings. The predicted molar refractivity (Wildman–Crippen MR) is 103 cm³/mol. The molecule has 0 aromatic carbocycles. The molecule has 9 nitrogen and oxygen atoms in total. The smallest absolute Gasteiger partial charge is 0.339 e. The molecule has 0 radical (unpaired) electrons. The van der Waals surface area contributed by atoms with Gasteiger partial charge in [0.2, 0.25) is 5.91 Å². The van der Waals surface area contributed by atoms with Crippen molar-refractivity contribution in [1.29, 1.82) is 0 Å². The Hall–Kier alpha value is -2.39. The number of nitrogens with one attached hydrogen (secondary N) is 2. The van der Waals surface area contributed by atoms with Crippen LogP contribution in [0.1, 0.15) is 38.5 Å². The Kier molecular flexibility index (Phi) is 8.01. The molecule has 0 aliphatic carbocycles. The number of nitrogens with zero attached hydrogens (tertiary/aromatic N) is 2. The number of piperazine rings is 1. The molecular formula is C19H30N4O5. The lowest BCUT2D eigenvalue weighted by Gasteiger charge is -2.34. The fraction of sp³-hybridized carbons (Fsp3) is 0.632. The first-order chi connectivity index (χ1) is 13.4. The zero-order chi connectivity index (χ0) is 20.7. The maximum absolute atomic E-state index is 12.9. The summed E-state index contributed by atoms with van der Waals surface area (Å²) >= 11 is 0. The van der Waals surface area contributed by atoms with Crippen molar-refractivity contribution in [3.8, 4) is 0 Å². The Labute approximate surface area is 165 Å². The van der Waals surface area contributed by atoms with Crippen LogP contribution in [-0.2, 0) is 14.3 Å². The molecule has 2 N–H and O–H groups in total. The molecule has 1 saturated heterocycles. The summed E-state index contributed by atoms with van der Waals surface area (Å²) in [6.45, 7) is 7.34. The zero-order valence-corrected chi connectivity index (χ0v) is 17.1. The predicted octanol–water partition coefficient (Wildman–Crippen LogP) is 0.329. The summed E-state index contributed by atoms with van der Waals surface area (Å²) in [6, 6.07) is 0. The maximum atomic E-state index is 12.9. The maximum Gasteiger partial charge on any atom is 0.339 e. The minimum Gasteiger partial charge on any atom is -0.465 e. The van der Waals surface area contributed by atoms with Crippen LogP contribution in [0.2, 0.25) is 0 Å². The first kappa shape index (κ1) is 21.9. The SMILES string of the molecule is COCCCNC(=O)CN1CCN(C(=O)c2[nH]c(C)c(C(=O)OC)c2C)CC1. The number of esters is 1. The number of H-pyrrole nitrogens is 1. The van der Waals surface area contributed by atoms with Crippen molar-refractivity contribution in [2.75, 3.05) is 60.1 Å². The van der Waals surface area contributed by atoms with Gasteiger partial charge in [0.05, 0.1) is 19.2 Å². The lowest BCUT2D eigenvalue weighted by Crippen LogP contribution is -2.51. The number of hydrogen-bond acceptors (Lipinski definition) is 6. The quantitative estimate of drug-likeness (QED) is 0.486. The number of amides is 2. The van der Waals surface area contributed by atoms with Crippen LogP contribution in [0.15, 0.2) is 0 Å². The number of methoxy groups -OCH3 is 2. The van der Waals surface area contributed by atoms with Gasteiger partial charge in [0.1, 0.15) is 5.69 Å². The molecular weight excluding hydrogens is 364 g/mol. The summed E-state index contributed by atoms with van der Waals surface area (Å²) in [5.41, 5.74) is 2.06. The summed E-state index contributed by atoms with van der Waals surface area (Å²) in [5, 5.41) is 2.87. The van der Waals surface area contributed by atoms with Crippen LogP contribution < -0.4 is 5.32 Å². The first-order valence-electron chi connectivity index (χ1n) is 9.43. The van der Waals surface area contributed by atoms with Crippen LogP contribution in [0.5, 0.6) is 0 Å². The van der Waals surface area contributed by atoms with Crippen LogP contribution in [0.3, 0.4) is 0 Å². The van der Waals surface area contributed by atoms with Crippen molar-refractivity contribution in [1.82, 2.24) is 20.1 Å². The molecule has 156 valence electrons. The van der Waals surface area contributed by atoms with Crippen molar-refractivity contribution in [3.05, 3.63) is 22.5 Å². The summed E-state index contributed by atoms with van der Waals surface area (Å²) < 4.78 is 9.75. The van der Waals surface area contributed by atoms with Gasteiger partial charge in [-0.15, -0.1) is 0 Å². The second kappa shape index (κ2) is 10.2. The van der Waals surface area contributed by atoms with E-state index in [0.717, 1.165) is 6.42 Å². The standard InChI is InChI=1S/C19H30N4O5/c1-13-16(19(26)28-4)14(2)21-17(13)18(25)23-9-7-22(8-10-23)12-15(24)20-6-5-11-27-3/h21H,5-12H2,1-4H3,(H,20,24). The van der Waals surface area contributed by atoms with Crippen molar-refractivity contribution < 1.29 is 23.9 Å². The molecule has 0 spiro atoms. The second-order valence-electron chi connectivity index (χ2n) is 6.88. The molecule has 9 heteroatoms. The number of rotatable bonds is 8. The molecule has 0 bridgehead atoms. The van der Waals surface area contributed by atoms with Crippen LogP contribution in [-0.4, -0.2) is 92.7 Å². The molecule has 28 heavy (non-hydrogen) atoms. The Morgan fingerprint density at radius 1 is 1.11 bits per heavy atom. The molecule has 0 unspecified atom stereocenters. The molecule has 1 aromatic heterocycles. The van der Waals surface area contributed by atoms with E-state index >= 15 is 0 Å². The number of ether oxygens (including phenoxy) is 2. The molecule has 1 aliphatic heterocycles. The van der Waals surface area contributed by atoms with Crippen molar-refractivity contribution in [2.24, 2.45) is 0 Å². The van der Waals surface area contributed by atoms with Gasteiger partial charge in [0.25, 0.3) is 5.91 Å². The van der Waals surface area contributed by atoms with E-state index in [1.165, 1.54) is 7.11 Å². The fourth-order valence-corrected chi connectivity index (χ4v) is 3.34. The van der Waals surface area contributed by atoms with E-state index in [1.807, 2.05) is 4.90 Å². The van der Waals surface area contributed by atoms with Crippen molar-refractivity contribution >= 4 is 17.8 Å². The number of carbonyl (C=O) groups is 3. The fourth-order valence-electron chi connectivity index (χ4n) is 3.34. The summed E-state index contributed by atoms with van der Waals surface area (Å²) in [6.07, 6.45) is 0.785. The van der Waals surface area contributed by atoms with E-state index in [1.54, 1.807) is 25.9 Å². The lowest BCUT2D eigenvalue weighted by atomic mass is 10.1. The number of aromatic nitrogens is 1. The number of aromatic amines is 1.